The maximum Gasteiger partial charge on any atom is 0.316 e. The van der Waals surface area contributed by atoms with E-state index in [1.807, 2.05) is 4.57 Å². The first kappa shape index (κ1) is 19.6. The molecule has 1 atom stereocenters. The number of nitrogens with zero attached hydrogens (tertiary/aromatic N) is 3. The fourth-order valence-electron chi connectivity index (χ4n) is 2.81. The molecule has 0 bridgehead atoms. The lowest BCUT2D eigenvalue weighted by atomic mass is 10.2. The van der Waals surface area contributed by atoms with E-state index in [1.54, 1.807) is 19.1 Å². The zero-order chi connectivity index (χ0) is 19.1. The van der Waals surface area contributed by atoms with Crippen molar-refractivity contribution in [1.82, 2.24) is 14.8 Å². The number of rotatable bonds is 9. The Bertz CT molecular complexity index is 748. The molecule has 1 aliphatic rings. The standard InChI is InChI=1S/C18H23FN4O3S/c1-2-25-17(24)12-27-18-22-21-16(23(18)11-15-4-3-9-26-15)10-20-14-7-5-13(19)6-8-14/h5-8,15,20H,2-4,9-12H2,1H3/t15-/m1/s1. The number of halogens is 1. The van der Waals surface area contributed by atoms with Crippen LogP contribution in [-0.4, -0.2) is 45.8 Å². The predicted molar refractivity (Wildman–Crippen MR) is 100 cm³/mol. The number of carbonyl (C=O) groups excluding carboxylic acids is 1. The molecule has 9 heteroatoms. The summed E-state index contributed by atoms with van der Waals surface area (Å²) >= 11 is 1.30. The lowest BCUT2D eigenvalue weighted by Crippen LogP contribution is -2.19. The molecule has 27 heavy (non-hydrogen) atoms. The summed E-state index contributed by atoms with van der Waals surface area (Å²) in [5, 5.41) is 12.4. The number of nitrogens with one attached hydrogen (secondary N) is 1. The summed E-state index contributed by atoms with van der Waals surface area (Å²) < 4.78 is 25.7. The zero-order valence-corrected chi connectivity index (χ0v) is 16.0. The van der Waals surface area contributed by atoms with Crippen LogP contribution in [0.15, 0.2) is 29.4 Å². The summed E-state index contributed by atoms with van der Waals surface area (Å²) in [6.45, 7) is 3.97. The van der Waals surface area contributed by atoms with E-state index in [9.17, 15) is 9.18 Å². The number of carbonyl (C=O) groups is 1. The molecule has 1 aliphatic heterocycles. The van der Waals surface area contributed by atoms with Gasteiger partial charge in [-0.25, -0.2) is 4.39 Å². The van der Waals surface area contributed by atoms with E-state index in [0.29, 0.717) is 24.9 Å². The first-order valence-electron chi connectivity index (χ1n) is 8.97. The smallest absolute Gasteiger partial charge is 0.316 e. The molecule has 0 unspecified atom stereocenters. The van der Waals surface area contributed by atoms with Crippen LogP contribution in [0.1, 0.15) is 25.6 Å². The molecular weight excluding hydrogens is 371 g/mol. The van der Waals surface area contributed by atoms with E-state index in [0.717, 1.165) is 31.0 Å². The largest absolute Gasteiger partial charge is 0.465 e. The summed E-state index contributed by atoms with van der Waals surface area (Å²) in [7, 11) is 0. The van der Waals surface area contributed by atoms with Gasteiger partial charge in [0.1, 0.15) is 5.82 Å². The summed E-state index contributed by atoms with van der Waals surface area (Å²) in [5.74, 6) is 0.365. The normalized spacial score (nSPS) is 16.4. The molecule has 1 fully saturated rings. The number of anilines is 1. The molecule has 0 radical (unpaired) electrons. The van der Waals surface area contributed by atoms with Crippen LogP contribution in [0, 0.1) is 5.82 Å². The highest BCUT2D eigenvalue weighted by atomic mass is 32.2. The molecule has 146 valence electrons. The van der Waals surface area contributed by atoms with Crippen molar-refractivity contribution in [3.8, 4) is 0 Å². The van der Waals surface area contributed by atoms with Crippen molar-refractivity contribution in [3.05, 3.63) is 35.9 Å². The second-order valence-electron chi connectivity index (χ2n) is 6.10. The average Bonchev–Trinajstić information content (AvgIpc) is 3.31. The summed E-state index contributed by atoms with van der Waals surface area (Å²) in [6, 6.07) is 6.15. The van der Waals surface area contributed by atoms with Crippen molar-refractivity contribution < 1.29 is 18.7 Å². The molecule has 2 heterocycles. The first-order valence-corrected chi connectivity index (χ1v) is 9.95. The number of thioether (sulfide) groups is 1. The third-order valence-corrected chi connectivity index (χ3v) is 5.06. The highest BCUT2D eigenvalue weighted by molar-refractivity contribution is 7.99. The number of aromatic nitrogens is 3. The minimum Gasteiger partial charge on any atom is -0.465 e. The lowest BCUT2D eigenvalue weighted by Gasteiger charge is -2.15. The Morgan fingerprint density at radius 1 is 1.41 bits per heavy atom. The molecule has 1 aromatic carbocycles. The van der Waals surface area contributed by atoms with Crippen molar-refractivity contribution >= 4 is 23.4 Å². The zero-order valence-electron chi connectivity index (χ0n) is 15.2. The Hall–Kier alpha value is -2.13. The fourth-order valence-corrected chi connectivity index (χ4v) is 3.57. The van der Waals surface area contributed by atoms with Gasteiger partial charge in [0.15, 0.2) is 11.0 Å². The van der Waals surface area contributed by atoms with Crippen LogP contribution in [0.2, 0.25) is 0 Å². The number of hydrogen-bond acceptors (Lipinski definition) is 7. The Morgan fingerprint density at radius 2 is 2.22 bits per heavy atom. The van der Waals surface area contributed by atoms with Crippen LogP contribution in [0.4, 0.5) is 10.1 Å². The molecule has 1 saturated heterocycles. The second kappa shape index (κ2) is 9.70. The Balaban J connectivity index is 1.69. The van der Waals surface area contributed by atoms with Gasteiger partial charge in [0, 0.05) is 12.3 Å². The Morgan fingerprint density at radius 3 is 2.93 bits per heavy atom. The molecule has 0 spiro atoms. The van der Waals surface area contributed by atoms with E-state index in [1.165, 1.54) is 23.9 Å². The first-order chi connectivity index (χ1) is 13.2. The minimum atomic E-state index is -0.278. The van der Waals surface area contributed by atoms with Gasteiger partial charge in [-0.2, -0.15) is 0 Å². The van der Waals surface area contributed by atoms with E-state index >= 15 is 0 Å². The lowest BCUT2D eigenvalue weighted by molar-refractivity contribution is -0.139. The maximum atomic E-state index is 13.0. The summed E-state index contributed by atoms with van der Waals surface area (Å²) in [5.41, 5.74) is 0.795. The molecule has 7 nitrogen and oxygen atoms in total. The third-order valence-electron chi connectivity index (χ3n) is 4.12. The molecule has 0 amide bonds. The minimum absolute atomic E-state index is 0.118. The van der Waals surface area contributed by atoms with Crippen LogP contribution in [-0.2, 0) is 27.4 Å². The van der Waals surface area contributed by atoms with Gasteiger partial charge in [-0.05, 0) is 44.0 Å². The van der Waals surface area contributed by atoms with Crippen molar-refractivity contribution in [3.63, 3.8) is 0 Å². The van der Waals surface area contributed by atoms with Crippen LogP contribution >= 0.6 is 11.8 Å². The number of benzene rings is 1. The second-order valence-corrected chi connectivity index (χ2v) is 7.04. The van der Waals surface area contributed by atoms with E-state index in [2.05, 4.69) is 15.5 Å². The van der Waals surface area contributed by atoms with Crippen LogP contribution in [0.3, 0.4) is 0 Å². The van der Waals surface area contributed by atoms with Crippen LogP contribution in [0.25, 0.3) is 0 Å². The SMILES string of the molecule is CCOC(=O)CSc1nnc(CNc2ccc(F)cc2)n1C[C@H]1CCCO1. The number of hydrogen-bond donors (Lipinski definition) is 1. The van der Waals surface area contributed by atoms with Crippen molar-refractivity contribution in [2.75, 3.05) is 24.3 Å². The van der Waals surface area contributed by atoms with Crippen molar-refractivity contribution in [1.29, 1.82) is 0 Å². The summed E-state index contributed by atoms with van der Waals surface area (Å²) in [4.78, 5) is 11.6. The van der Waals surface area contributed by atoms with Gasteiger partial charge in [-0.15, -0.1) is 10.2 Å². The maximum absolute atomic E-state index is 13.0. The average molecular weight is 394 g/mol. The molecular formula is C18H23FN4O3S. The van der Waals surface area contributed by atoms with Gasteiger partial charge in [-0.3, -0.25) is 4.79 Å². The van der Waals surface area contributed by atoms with E-state index in [4.69, 9.17) is 9.47 Å². The Labute approximate surface area is 161 Å². The van der Waals surface area contributed by atoms with Gasteiger partial charge in [0.05, 0.1) is 31.6 Å². The molecule has 0 saturated carbocycles. The summed E-state index contributed by atoms with van der Waals surface area (Å²) in [6.07, 6.45) is 2.15. The highest BCUT2D eigenvalue weighted by Crippen LogP contribution is 2.22. The van der Waals surface area contributed by atoms with E-state index in [-0.39, 0.29) is 23.6 Å². The van der Waals surface area contributed by atoms with Gasteiger partial charge < -0.3 is 19.4 Å². The molecule has 1 aromatic heterocycles. The molecule has 3 rings (SSSR count). The van der Waals surface area contributed by atoms with Gasteiger partial charge in [0.2, 0.25) is 0 Å². The topological polar surface area (TPSA) is 78.3 Å². The highest BCUT2D eigenvalue weighted by Gasteiger charge is 2.21. The quantitative estimate of drug-likeness (QED) is 0.517. The van der Waals surface area contributed by atoms with Crippen LogP contribution in [0.5, 0.6) is 0 Å². The Kier molecular flexibility index (Phi) is 7.05. The van der Waals surface area contributed by atoms with Crippen molar-refractivity contribution in [2.24, 2.45) is 0 Å². The monoisotopic (exact) mass is 394 g/mol. The number of ether oxygens (including phenoxy) is 2. The molecule has 1 N–H and O–H groups in total. The third kappa shape index (κ3) is 5.67. The molecule has 0 aliphatic carbocycles. The van der Waals surface area contributed by atoms with Crippen LogP contribution < -0.4 is 5.32 Å². The van der Waals surface area contributed by atoms with Gasteiger partial charge >= 0.3 is 5.97 Å². The van der Waals surface area contributed by atoms with E-state index < -0.39 is 0 Å². The van der Waals surface area contributed by atoms with Crippen molar-refractivity contribution in [2.45, 2.75) is 44.1 Å². The van der Waals surface area contributed by atoms with Gasteiger partial charge in [0.25, 0.3) is 0 Å². The molecule has 2 aromatic rings. The fraction of sp³-hybridized carbons (Fsp3) is 0.500. The van der Waals surface area contributed by atoms with Gasteiger partial charge in [-0.1, -0.05) is 11.8 Å². The predicted octanol–water partition coefficient (Wildman–Crippen LogP) is 2.86. The number of esters is 1.